The zero-order valence-electron chi connectivity index (χ0n) is 19.8. The first-order chi connectivity index (χ1) is 16.3. The highest BCUT2D eigenvalue weighted by molar-refractivity contribution is 5.73. The summed E-state index contributed by atoms with van der Waals surface area (Å²) in [5.41, 5.74) is 5.55. The zero-order chi connectivity index (χ0) is 24.4. The third-order valence-corrected chi connectivity index (χ3v) is 5.55. The predicted molar refractivity (Wildman–Crippen MR) is 125 cm³/mol. The molecule has 10 heteroatoms. The van der Waals surface area contributed by atoms with Crippen molar-refractivity contribution in [1.82, 2.24) is 29.5 Å². The number of hydrogen-bond acceptors (Lipinski definition) is 7. The number of aromatic nitrogens is 6. The third kappa shape index (κ3) is 4.52. The Labute approximate surface area is 196 Å². The average molecular weight is 464 g/mol. The molecule has 0 aliphatic rings. The quantitative estimate of drug-likeness (QED) is 0.413. The van der Waals surface area contributed by atoms with E-state index in [0.29, 0.717) is 18.2 Å². The summed E-state index contributed by atoms with van der Waals surface area (Å²) in [6, 6.07) is 7.94. The summed E-state index contributed by atoms with van der Waals surface area (Å²) in [6.07, 6.45) is 1.61. The van der Waals surface area contributed by atoms with Gasteiger partial charge in [-0.15, -0.1) is 0 Å². The summed E-state index contributed by atoms with van der Waals surface area (Å²) in [6.45, 7) is 9.68. The lowest BCUT2D eigenvalue weighted by atomic mass is 10.1. The summed E-state index contributed by atoms with van der Waals surface area (Å²) in [7, 11) is 0. The van der Waals surface area contributed by atoms with E-state index in [1.807, 2.05) is 27.7 Å². The summed E-state index contributed by atoms with van der Waals surface area (Å²) in [4.78, 5) is 20.7. The molecule has 4 aromatic rings. The lowest BCUT2D eigenvalue weighted by Gasteiger charge is -2.09. The van der Waals surface area contributed by atoms with E-state index < -0.39 is 0 Å². The highest BCUT2D eigenvalue weighted by atomic mass is 19.1. The van der Waals surface area contributed by atoms with Crippen molar-refractivity contribution < 1.29 is 13.9 Å². The molecule has 3 aromatic heterocycles. The van der Waals surface area contributed by atoms with E-state index in [1.54, 1.807) is 34.5 Å². The van der Waals surface area contributed by atoms with E-state index in [0.717, 1.165) is 39.7 Å². The number of nitrogens with zero attached hydrogens (tertiary/aromatic N) is 6. The van der Waals surface area contributed by atoms with Crippen LogP contribution in [0.1, 0.15) is 35.3 Å². The number of nitrogens with one attached hydrogen (secondary N) is 1. The molecule has 176 valence electrons. The minimum Gasteiger partial charge on any atom is -0.466 e. The second-order valence-electron chi connectivity index (χ2n) is 7.86. The molecule has 0 spiro atoms. The van der Waals surface area contributed by atoms with E-state index >= 15 is 0 Å². The van der Waals surface area contributed by atoms with Crippen LogP contribution in [0, 0.1) is 33.5 Å². The van der Waals surface area contributed by atoms with Gasteiger partial charge in [-0.1, -0.05) is 0 Å². The van der Waals surface area contributed by atoms with Crippen LogP contribution in [0.3, 0.4) is 0 Å². The van der Waals surface area contributed by atoms with Gasteiger partial charge < -0.3 is 10.1 Å². The fourth-order valence-corrected chi connectivity index (χ4v) is 3.83. The van der Waals surface area contributed by atoms with Crippen LogP contribution in [0.25, 0.3) is 11.5 Å². The van der Waals surface area contributed by atoms with Gasteiger partial charge in [0, 0.05) is 17.3 Å². The number of carbonyl (C=O) groups is 1. The first-order valence-electron chi connectivity index (χ1n) is 10.9. The molecular formula is C24H26FN7O2. The van der Waals surface area contributed by atoms with Gasteiger partial charge in [0.05, 0.1) is 41.5 Å². The monoisotopic (exact) mass is 463 g/mol. The van der Waals surface area contributed by atoms with Gasteiger partial charge >= 0.3 is 5.97 Å². The first-order valence-corrected chi connectivity index (χ1v) is 10.9. The summed E-state index contributed by atoms with van der Waals surface area (Å²) < 4.78 is 21.8. The van der Waals surface area contributed by atoms with Gasteiger partial charge in [0.15, 0.2) is 5.82 Å². The third-order valence-electron chi connectivity index (χ3n) is 5.55. The molecule has 4 rings (SSSR count). The average Bonchev–Trinajstić information content (AvgIpc) is 3.25. The van der Waals surface area contributed by atoms with E-state index in [1.165, 1.54) is 18.5 Å². The molecule has 0 bridgehead atoms. The number of aryl methyl sites for hydroxylation is 2. The van der Waals surface area contributed by atoms with Crippen molar-refractivity contribution >= 4 is 17.5 Å². The fraction of sp³-hybridized carbons (Fsp3) is 0.292. The normalized spacial score (nSPS) is 11.0. The second kappa shape index (κ2) is 9.42. The summed E-state index contributed by atoms with van der Waals surface area (Å²) >= 11 is 0. The maximum absolute atomic E-state index is 13.3. The maximum atomic E-state index is 13.3. The Bertz CT molecular complexity index is 1340. The van der Waals surface area contributed by atoms with Gasteiger partial charge in [-0.05, 0) is 58.9 Å². The summed E-state index contributed by atoms with van der Waals surface area (Å²) in [5, 5.41) is 12.5. The molecule has 9 nitrogen and oxygen atoms in total. The number of rotatable bonds is 7. The predicted octanol–water partition coefficient (Wildman–Crippen LogP) is 4.07. The lowest BCUT2D eigenvalue weighted by molar-refractivity contribution is -0.142. The van der Waals surface area contributed by atoms with Gasteiger partial charge in [0.25, 0.3) is 0 Å². The van der Waals surface area contributed by atoms with Crippen LogP contribution in [-0.2, 0) is 16.0 Å². The Kier molecular flexibility index (Phi) is 6.40. The van der Waals surface area contributed by atoms with E-state index in [2.05, 4.69) is 25.5 Å². The van der Waals surface area contributed by atoms with Gasteiger partial charge in [-0.25, -0.2) is 23.7 Å². The second-order valence-corrected chi connectivity index (χ2v) is 7.86. The maximum Gasteiger partial charge on any atom is 0.310 e. The Balaban J connectivity index is 1.62. The van der Waals surface area contributed by atoms with Crippen LogP contribution in [0.15, 0.2) is 36.7 Å². The molecule has 0 aliphatic heterocycles. The zero-order valence-corrected chi connectivity index (χ0v) is 19.8. The van der Waals surface area contributed by atoms with Crippen molar-refractivity contribution in [3.8, 4) is 11.5 Å². The smallest absolute Gasteiger partial charge is 0.310 e. The Morgan fingerprint density at radius 3 is 2.41 bits per heavy atom. The minimum atomic E-state index is -0.299. The summed E-state index contributed by atoms with van der Waals surface area (Å²) in [5.74, 6) is 0.540. The molecule has 0 saturated heterocycles. The van der Waals surface area contributed by atoms with Crippen molar-refractivity contribution in [2.24, 2.45) is 0 Å². The molecule has 0 fully saturated rings. The SMILES string of the molecule is CCOC(=O)Cc1c(C)nn(-c2cc(Nc3c(C)nn(-c4ccc(F)cc4)c3C)ncn2)c1C. The number of ether oxygens (including phenoxy) is 1. The Hall–Kier alpha value is -4.08. The highest BCUT2D eigenvalue weighted by Gasteiger charge is 2.18. The molecule has 0 saturated carbocycles. The van der Waals surface area contributed by atoms with Gasteiger partial charge in [0.1, 0.15) is 18.0 Å². The van der Waals surface area contributed by atoms with E-state index in [-0.39, 0.29) is 18.2 Å². The minimum absolute atomic E-state index is 0.155. The van der Waals surface area contributed by atoms with Crippen LogP contribution in [0.4, 0.5) is 15.9 Å². The van der Waals surface area contributed by atoms with Crippen LogP contribution in [-0.4, -0.2) is 42.1 Å². The molecule has 1 N–H and O–H groups in total. The molecule has 0 aliphatic carbocycles. The number of esters is 1. The molecule has 34 heavy (non-hydrogen) atoms. The van der Waals surface area contributed by atoms with E-state index in [4.69, 9.17) is 4.74 Å². The first kappa shape index (κ1) is 23.1. The van der Waals surface area contributed by atoms with Crippen LogP contribution in [0.2, 0.25) is 0 Å². The molecule has 0 radical (unpaired) electrons. The Morgan fingerprint density at radius 2 is 1.71 bits per heavy atom. The molecule has 0 atom stereocenters. The topological polar surface area (TPSA) is 99.8 Å². The standard InChI is InChI=1S/C24H26FN7O2/c1-6-34-23(33)11-20-14(2)29-32(16(20)4)22-12-21(26-13-27-22)28-24-15(3)30-31(17(24)5)19-9-7-18(25)8-10-19/h7-10,12-13H,6,11H2,1-5H3,(H,26,27,28). The fourth-order valence-electron chi connectivity index (χ4n) is 3.83. The molecular weight excluding hydrogens is 437 g/mol. The lowest BCUT2D eigenvalue weighted by Crippen LogP contribution is -2.09. The van der Waals surface area contributed by atoms with Crippen molar-refractivity contribution in [2.75, 3.05) is 11.9 Å². The van der Waals surface area contributed by atoms with Gasteiger partial charge in [-0.3, -0.25) is 4.79 Å². The molecule has 3 heterocycles. The number of halogens is 1. The Morgan fingerprint density at radius 1 is 1.00 bits per heavy atom. The largest absolute Gasteiger partial charge is 0.466 e. The van der Waals surface area contributed by atoms with Crippen molar-refractivity contribution in [1.29, 1.82) is 0 Å². The molecule has 0 unspecified atom stereocenters. The van der Waals surface area contributed by atoms with Crippen LogP contribution in [0.5, 0.6) is 0 Å². The molecule has 0 amide bonds. The van der Waals surface area contributed by atoms with Crippen molar-refractivity contribution in [3.05, 3.63) is 70.8 Å². The van der Waals surface area contributed by atoms with Crippen molar-refractivity contribution in [3.63, 3.8) is 0 Å². The van der Waals surface area contributed by atoms with Crippen LogP contribution < -0.4 is 5.32 Å². The molecule has 1 aromatic carbocycles. The van der Waals surface area contributed by atoms with Crippen molar-refractivity contribution in [2.45, 2.75) is 41.0 Å². The number of carbonyl (C=O) groups excluding carboxylic acids is 1. The number of hydrogen-bond donors (Lipinski definition) is 1. The number of anilines is 2. The van der Waals surface area contributed by atoms with Gasteiger partial charge in [0.2, 0.25) is 0 Å². The van der Waals surface area contributed by atoms with E-state index in [9.17, 15) is 9.18 Å². The number of benzene rings is 1. The highest BCUT2D eigenvalue weighted by Crippen LogP contribution is 2.26. The van der Waals surface area contributed by atoms with Crippen LogP contribution >= 0.6 is 0 Å². The van der Waals surface area contributed by atoms with Gasteiger partial charge in [-0.2, -0.15) is 10.2 Å².